The van der Waals surface area contributed by atoms with Gasteiger partial charge in [0.25, 0.3) is 0 Å². The molecule has 1 aromatic heterocycles. The average molecular weight is 390 g/mol. The lowest BCUT2D eigenvalue weighted by molar-refractivity contribution is -0.135. The first-order valence-electron chi connectivity index (χ1n) is 10.5. The SMILES string of the molecule is CN(C)C(=O)CN1C2CCC1CC(NC(=O)C1(n3cnnn3)CCCCC1)C2. The monoisotopic (exact) mass is 389 g/mol. The number of aromatic nitrogens is 4. The molecule has 3 fully saturated rings. The second kappa shape index (κ2) is 7.77. The minimum atomic E-state index is -0.654. The lowest BCUT2D eigenvalue weighted by Gasteiger charge is -2.41. The molecule has 2 aliphatic heterocycles. The van der Waals surface area contributed by atoms with Crippen LogP contribution in [0.2, 0.25) is 0 Å². The van der Waals surface area contributed by atoms with Crippen LogP contribution in [0.15, 0.2) is 6.33 Å². The fourth-order valence-corrected chi connectivity index (χ4v) is 5.32. The van der Waals surface area contributed by atoms with Crippen LogP contribution in [0, 0.1) is 0 Å². The van der Waals surface area contributed by atoms with Gasteiger partial charge in [0.1, 0.15) is 11.9 Å². The zero-order valence-corrected chi connectivity index (χ0v) is 16.9. The molecule has 1 aromatic rings. The van der Waals surface area contributed by atoms with Crippen molar-refractivity contribution in [2.24, 2.45) is 0 Å². The Kier molecular flexibility index (Phi) is 5.35. The smallest absolute Gasteiger partial charge is 0.248 e. The Morgan fingerprint density at radius 2 is 1.82 bits per heavy atom. The molecule has 9 heteroatoms. The summed E-state index contributed by atoms with van der Waals surface area (Å²) in [6, 6.07) is 0.914. The van der Waals surface area contributed by atoms with Crippen LogP contribution >= 0.6 is 0 Å². The number of tetrazole rings is 1. The number of carbonyl (C=O) groups is 2. The lowest BCUT2D eigenvalue weighted by atomic mass is 9.80. The van der Waals surface area contributed by atoms with Gasteiger partial charge in [0.15, 0.2) is 0 Å². The highest BCUT2D eigenvalue weighted by molar-refractivity contribution is 5.84. The molecule has 3 heterocycles. The highest BCUT2D eigenvalue weighted by atomic mass is 16.2. The number of carbonyl (C=O) groups excluding carboxylic acids is 2. The van der Waals surface area contributed by atoms with Crippen molar-refractivity contribution in [3.05, 3.63) is 6.33 Å². The normalized spacial score (nSPS) is 29.4. The van der Waals surface area contributed by atoms with E-state index in [-0.39, 0.29) is 17.9 Å². The van der Waals surface area contributed by atoms with E-state index in [1.807, 2.05) is 0 Å². The van der Waals surface area contributed by atoms with Crippen molar-refractivity contribution in [2.45, 2.75) is 81.5 Å². The van der Waals surface area contributed by atoms with E-state index in [1.54, 1.807) is 30.0 Å². The van der Waals surface area contributed by atoms with Crippen LogP contribution in [0.4, 0.5) is 0 Å². The molecule has 2 bridgehead atoms. The number of piperidine rings is 1. The summed E-state index contributed by atoms with van der Waals surface area (Å²) in [5.41, 5.74) is -0.654. The fourth-order valence-electron chi connectivity index (χ4n) is 5.32. The zero-order valence-electron chi connectivity index (χ0n) is 16.9. The standard InChI is InChI=1S/C19H31N7O2/c1-24(2)17(27)12-25-15-6-7-16(25)11-14(10-15)21-18(28)19(8-4-3-5-9-19)26-13-20-22-23-26/h13-16H,3-12H2,1-2H3,(H,21,28). The number of hydrogen-bond donors (Lipinski definition) is 1. The Hall–Kier alpha value is -2.03. The third-order valence-electron chi connectivity index (χ3n) is 6.93. The van der Waals surface area contributed by atoms with Gasteiger partial charge in [0.05, 0.1) is 6.54 Å². The van der Waals surface area contributed by atoms with Crippen molar-refractivity contribution in [3.63, 3.8) is 0 Å². The van der Waals surface area contributed by atoms with Crippen molar-refractivity contribution < 1.29 is 9.59 Å². The number of fused-ring (bicyclic) bond motifs is 2. The van der Waals surface area contributed by atoms with Gasteiger partial charge < -0.3 is 10.2 Å². The molecular weight excluding hydrogens is 358 g/mol. The topological polar surface area (TPSA) is 96.2 Å². The molecule has 1 saturated carbocycles. The van der Waals surface area contributed by atoms with Gasteiger partial charge in [-0.05, 0) is 49.0 Å². The summed E-state index contributed by atoms with van der Waals surface area (Å²) in [6.07, 6.45) is 10.4. The average Bonchev–Trinajstić information content (AvgIpc) is 3.30. The van der Waals surface area contributed by atoms with Gasteiger partial charge in [-0.15, -0.1) is 5.10 Å². The minimum Gasteiger partial charge on any atom is -0.351 e. The quantitative estimate of drug-likeness (QED) is 0.789. The lowest BCUT2D eigenvalue weighted by Crippen LogP contribution is -2.57. The number of nitrogens with zero attached hydrogens (tertiary/aromatic N) is 6. The molecule has 1 aliphatic carbocycles. The van der Waals surface area contributed by atoms with E-state index in [2.05, 4.69) is 25.7 Å². The molecule has 2 atom stereocenters. The first kappa shape index (κ1) is 19.3. The van der Waals surface area contributed by atoms with Crippen molar-refractivity contribution in [1.82, 2.24) is 35.3 Å². The van der Waals surface area contributed by atoms with E-state index in [9.17, 15) is 9.59 Å². The van der Waals surface area contributed by atoms with E-state index in [0.29, 0.717) is 18.6 Å². The Bertz CT molecular complexity index is 685. The summed E-state index contributed by atoms with van der Waals surface area (Å²) in [5, 5.41) is 14.9. The van der Waals surface area contributed by atoms with Crippen LogP contribution in [0.3, 0.4) is 0 Å². The zero-order chi connectivity index (χ0) is 19.7. The van der Waals surface area contributed by atoms with Gasteiger partial charge in [-0.3, -0.25) is 14.5 Å². The Labute approximate surface area is 165 Å². The molecule has 2 saturated heterocycles. The first-order valence-corrected chi connectivity index (χ1v) is 10.5. The van der Waals surface area contributed by atoms with Crippen molar-refractivity contribution in [1.29, 1.82) is 0 Å². The van der Waals surface area contributed by atoms with Crippen LogP contribution in [0.5, 0.6) is 0 Å². The Morgan fingerprint density at radius 1 is 1.14 bits per heavy atom. The summed E-state index contributed by atoms with van der Waals surface area (Å²) in [6.45, 7) is 0.484. The molecule has 2 amide bonds. The minimum absolute atomic E-state index is 0.0571. The number of nitrogens with one attached hydrogen (secondary N) is 1. The predicted octanol–water partition coefficient (Wildman–Crippen LogP) is 0.532. The van der Waals surface area contributed by atoms with Gasteiger partial charge in [-0.2, -0.15) is 0 Å². The summed E-state index contributed by atoms with van der Waals surface area (Å²) < 4.78 is 1.67. The summed E-state index contributed by atoms with van der Waals surface area (Å²) in [7, 11) is 3.61. The van der Waals surface area contributed by atoms with E-state index >= 15 is 0 Å². The molecule has 4 rings (SSSR count). The van der Waals surface area contributed by atoms with Gasteiger partial charge >= 0.3 is 0 Å². The molecule has 3 aliphatic rings. The van der Waals surface area contributed by atoms with Crippen LogP contribution in [0.25, 0.3) is 0 Å². The second-order valence-electron chi connectivity index (χ2n) is 8.83. The molecule has 154 valence electrons. The Morgan fingerprint density at radius 3 is 2.39 bits per heavy atom. The maximum Gasteiger partial charge on any atom is 0.248 e. The number of hydrogen-bond acceptors (Lipinski definition) is 6. The van der Waals surface area contributed by atoms with Crippen LogP contribution in [0.1, 0.15) is 57.8 Å². The molecule has 1 N–H and O–H groups in total. The first-order chi connectivity index (χ1) is 13.5. The van der Waals surface area contributed by atoms with Gasteiger partial charge in [0.2, 0.25) is 11.8 Å². The largest absolute Gasteiger partial charge is 0.351 e. The molecule has 2 unspecified atom stereocenters. The van der Waals surface area contributed by atoms with Crippen molar-refractivity contribution >= 4 is 11.8 Å². The van der Waals surface area contributed by atoms with Crippen molar-refractivity contribution in [3.8, 4) is 0 Å². The molecule has 9 nitrogen and oxygen atoms in total. The molecule has 0 spiro atoms. The number of amides is 2. The number of rotatable bonds is 5. The van der Waals surface area contributed by atoms with Crippen molar-refractivity contribution in [2.75, 3.05) is 20.6 Å². The molecular formula is C19H31N7O2. The highest BCUT2D eigenvalue weighted by Gasteiger charge is 2.46. The van der Waals surface area contributed by atoms with Gasteiger partial charge in [-0.25, -0.2) is 4.68 Å². The summed E-state index contributed by atoms with van der Waals surface area (Å²) in [4.78, 5) is 29.5. The van der Waals surface area contributed by atoms with Crippen LogP contribution < -0.4 is 5.32 Å². The third kappa shape index (κ3) is 3.52. The van der Waals surface area contributed by atoms with Gasteiger partial charge in [-0.1, -0.05) is 19.3 Å². The van der Waals surface area contributed by atoms with E-state index in [0.717, 1.165) is 57.8 Å². The molecule has 0 radical (unpaired) electrons. The second-order valence-corrected chi connectivity index (χ2v) is 8.83. The predicted molar refractivity (Wildman–Crippen MR) is 102 cm³/mol. The maximum absolute atomic E-state index is 13.4. The van der Waals surface area contributed by atoms with Gasteiger partial charge in [0, 0.05) is 32.2 Å². The fraction of sp³-hybridized carbons (Fsp3) is 0.842. The number of likely N-dealkylation sites (N-methyl/N-ethyl adjacent to an activating group) is 1. The van der Waals surface area contributed by atoms with E-state index in [1.165, 1.54) is 0 Å². The highest BCUT2D eigenvalue weighted by Crippen LogP contribution is 2.38. The van der Waals surface area contributed by atoms with Crippen LogP contribution in [-0.2, 0) is 15.1 Å². The van der Waals surface area contributed by atoms with E-state index < -0.39 is 5.54 Å². The maximum atomic E-state index is 13.4. The Balaban J connectivity index is 1.42. The van der Waals surface area contributed by atoms with E-state index in [4.69, 9.17) is 0 Å². The third-order valence-corrected chi connectivity index (χ3v) is 6.93. The molecule has 0 aromatic carbocycles. The molecule has 28 heavy (non-hydrogen) atoms. The summed E-state index contributed by atoms with van der Waals surface area (Å²) >= 11 is 0. The van der Waals surface area contributed by atoms with Crippen LogP contribution in [-0.4, -0.2) is 80.6 Å². The summed E-state index contributed by atoms with van der Waals surface area (Å²) in [5.74, 6) is 0.209.